The molecule has 27 heavy (non-hydrogen) atoms. The van der Waals surface area contributed by atoms with E-state index < -0.39 is 0 Å². The number of nitrogens with zero attached hydrogens (tertiary/aromatic N) is 2. The van der Waals surface area contributed by atoms with Crippen LogP contribution in [0.2, 0.25) is 0 Å². The molecule has 1 N–H and O–H groups in total. The number of hydrogen-bond donors (Lipinski definition) is 1. The maximum absolute atomic E-state index is 12.5. The number of carbonyl (C=O) groups is 1. The predicted octanol–water partition coefficient (Wildman–Crippen LogP) is 5.33. The van der Waals surface area contributed by atoms with Gasteiger partial charge in [-0.3, -0.25) is 10.1 Å². The monoisotopic (exact) mass is 375 g/mol. The zero-order valence-electron chi connectivity index (χ0n) is 14.9. The Morgan fingerprint density at radius 3 is 2.52 bits per heavy atom. The minimum absolute atomic E-state index is 0.194. The van der Waals surface area contributed by atoms with E-state index in [-0.39, 0.29) is 5.91 Å². The number of aryl methyl sites for hydroxylation is 2. The molecule has 0 aliphatic rings. The lowest BCUT2D eigenvalue weighted by Crippen LogP contribution is -2.11. The number of aromatic nitrogens is 2. The molecule has 0 radical (unpaired) electrons. The number of rotatable bonds is 4. The van der Waals surface area contributed by atoms with Gasteiger partial charge >= 0.3 is 0 Å². The number of hydrogen-bond acceptors (Lipinski definition) is 5. The van der Waals surface area contributed by atoms with Crippen molar-refractivity contribution >= 4 is 22.4 Å². The van der Waals surface area contributed by atoms with E-state index in [9.17, 15) is 4.79 Å². The van der Waals surface area contributed by atoms with Crippen LogP contribution in [0.5, 0.6) is 0 Å². The van der Waals surface area contributed by atoms with Gasteiger partial charge in [0, 0.05) is 22.1 Å². The smallest absolute Gasteiger partial charge is 0.257 e. The van der Waals surface area contributed by atoms with Crippen LogP contribution in [0.25, 0.3) is 22.6 Å². The van der Waals surface area contributed by atoms with Crippen molar-refractivity contribution in [2.24, 2.45) is 0 Å². The topological polar surface area (TPSA) is 68.0 Å². The summed E-state index contributed by atoms with van der Waals surface area (Å²) >= 11 is 1.41. The summed E-state index contributed by atoms with van der Waals surface area (Å²) in [6, 6.07) is 13.4. The molecule has 0 aliphatic carbocycles. The molecule has 0 fully saturated rings. The van der Waals surface area contributed by atoms with E-state index in [0.29, 0.717) is 16.5 Å². The van der Waals surface area contributed by atoms with Crippen molar-refractivity contribution in [1.29, 1.82) is 0 Å². The second-order valence-electron chi connectivity index (χ2n) is 6.23. The molecule has 2 heterocycles. The lowest BCUT2D eigenvalue weighted by atomic mass is 10.1. The Morgan fingerprint density at radius 1 is 1.04 bits per heavy atom. The summed E-state index contributed by atoms with van der Waals surface area (Å²) in [4.78, 5) is 20.9. The van der Waals surface area contributed by atoms with Gasteiger partial charge in [0.2, 0.25) is 0 Å². The molecular weight excluding hydrogens is 358 g/mol. The summed E-state index contributed by atoms with van der Waals surface area (Å²) in [6.07, 6.45) is 3.02. The number of benzene rings is 2. The molecular formula is C21H17N3O2S. The molecule has 0 bridgehead atoms. The molecule has 134 valence electrons. The summed E-state index contributed by atoms with van der Waals surface area (Å²) in [5.41, 5.74) is 5.80. The van der Waals surface area contributed by atoms with E-state index in [1.807, 2.05) is 23.6 Å². The summed E-state index contributed by atoms with van der Waals surface area (Å²) in [6.45, 7) is 4.16. The highest BCUT2D eigenvalue weighted by atomic mass is 32.1. The Labute approximate surface area is 160 Å². The second kappa shape index (κ2) is 7.17. The fourth-order valence-corrected chi connectivity index (χ4v) is 3.39. The predicted molar refractivity (Wildman–Crippen MR) is 107 cm³/mol. The number of amides is 1. The molecule has 4 aromatic rings. The minimum atomic E-state index is -0.194. The zero-order chi connectivity index (χ0) is 18.8. The molecule has 0 aliphatic heterocycles. The molecule has 2 aromatic carbocycles. The molecule has 1 amide bonds. The number of thiazole rings is 1. The second-order valence-corrected chi connectivity index (χ2v) is 7.09. The average molecular weight is 375 g/mol. The third-order valence-electron chi connectivity index (χ3n) is 4.39. The maximum atomic E-state index is 12.5. The number of oxazole rings is 1. The van der Waals surface area contributed by atoms with Crippen molar-refractivity contribution in [1.82, 2.24) is 9.97 Å². The molecule has 6 heteroatoms. The van der Waals surface area contributed by atoms with E-state index in [4.69, 9.17) is 4.42 Å². The van der Waals surface area contributed by atoms with Crippen LogP contribution in [0.1, 0.15) is 21.5 Å². The fourth-order valence-electron chi connectivity index (χ4n) is 2.68. The van der Waals surface area contributed by atoms with Crippen LogP contribution in [0.15, 0.2) is 64.9 Å². The summed E-state index contributed by atoms with van der Waals surface area (Å²) in [5, 5.41) is 5.39. The first-order valence-corrected chi connectivity index (χ1v) is 9.31. The first-order valence-electron chi connectivity index (χ1n) is 8.43. The van der Waals surface area contributed by atoms with Gasteiger partial charge in [-0.15, -0.1) is 11.3 Å². The molecule has 0 atom stereocenters. The standard InChI is InChI=1S/C21H17N3O2S/c1-13-3-4-17(9-14(13)2)18-11-27-21(23-18)24-20(25)16-7-5-15(6-8-16)19-10-22-12-26-19/h3-12H,1-2H3,(H,23,24,25). The van der Waals surface area contributed by atoms with Crippen LogP contribution >= 0.6 is 11.3 Å². The van der Waals surface area contributed by atoms with Crippen molar-refractivity contribution < 1.29 is 9.21 Å². The Morgan fingerprint density at radius 2 is 1.81 bits per heavy atom. The normalized spacial score (nSPS) is 10.7. The quantitative estimate of drug-likeness (QED) is 0.523. The van der Waals surface area contributed by atoms with Gasteiger partial charge in [0.05, 0.1) is 11.9 Å². The van der Waals surface area contributed by atoms with Gasteiger partial charge in [-0.25, -0.2) is 9.97 Å². The van der Waals surface area contributed by atoms with Crippen LogP contribution in [-0.2, 0) is 0 Å². The highest BCUT2D eigenvalue weighted by molar-refractivity contribution is 7.14. The lowest BCUT2D eigenvalue weighted by Gasteiger charge is -2.04. The Balaban J connectivity index is 1.48. The van der Waals surface area contributed by atoms with Crippen molar-refractivity contribution in [3.8, 4) is 22.6 Å². The van der Waals surface area contributed by atoms with Crippen LogP contribution < -0.4 is 5.32 Å². The van der Waals surface area contributed by atoms with Gasteiger partial charge in [0.1, 0.15) is 0 Å². The highest BCUT2D eigenvalue weighted by Crippen LogP contribution is 2.27. The Kier molecular flexibility index (Phi) is 4.56. The Bertz CT molecular complexity index is 1080. The van der Waals surface area contributed by atoms with Crippen molar-refractivity contribution in [3.05, 3.63) is 77.1 Å². The van der Waals surface area contributed by atoms with Gasteiger partial charge in [0.15, 0.2) is 17.3 Å². The van der Waals surface area contributed by atoms with Gasteiger partial charge in [-0.2, -0.15) is 0 Å². The zero-order valence-corrected chi connectivity index (χ0v) is 15.7. The van der Waals surface area contributed by atoms with Crippen LogP contribution in [0, 0.1) is 13.8 Å². The number of anilines is 1. The van der Waals surface area contributed by atoms with Crippen molar-refractivity contribution in [3.63, 3.8) is 0 Å². The summed E-state index contributed by atoms with van der Waals surface area (Å²) in [5.74, 6) is 0.472. The lowest BCUT2D eigenvalue weighted by molar-refractivity contribution is 0.102. The summed E-state index contributed by atoms with van der Waals surface area (Å²) < 4.78 is 5.26. The molecule has 0 spiro atoms. The number of carbonyl (C=O) groups excluding carboxylic acids is 1. The third-order valence-corrected chi connectivity index (χ3v) is 5.15. The van der Waals surface area contributed by atoms with E-state index in [1.165, 1.54) is 28.9 Å². The molecule has 2 aromatic heterocycles. The fraction of sp³-hybridized carbons (Fsp3) is 0.0952. The third kappa shape index (κ3) is 3.66. The SMILES string of the molecule is Cc1ccc(-c2csc(NC(=O)c3ccc(-c4cnco4)cc3)n2)cc1C. The van der Waals surface area contributed by atoms with Crippen LogP contribution in [0.3, 0.4) is 0 Å². The molecule has 0 unspecified atom stereocenters. The molecule has 4 rings (SSSR count). The van der Waals surface area contributed by atoms with E-state index in [1.54, 1.807) is 18.3 Å². The molecule has 0 saturated carbocycles. The van der Waals surface area contributed by atoms with Gasteiger partial charge in [0.25, 0.3) is 5.91 Å². The van der Waals surface area contributed by atoms with Gasteiger partial charge in [-0.05, 0) is 43.2 Å². The van der Waals surface area contributed by atoms with Crippen LogP contribution in [-0.4, -0.2) is 15.9 Å². The largest absolute Gasteiger partial charge is 0.444 e. The Hall–Kier alpha value is -3.25. The van der Waals surface area contributed by atoms with Gasteiger partial charge in [-0.1, -0.05) is 24.3 Å². The molecule has 0 saturated heterocycles. The first kappa shape index (κ1) is 17.2. The van der Waals surface area contributed by atoms with Crippen LogP contribution in [0.4, 0.5) is 5.13 Å². The summed E-state index contributed by atoms with van der Waals surface area (Å²) in [7, 11) is 0. The van der Waals surface area contributed by atoms with Crippen molar-refractivity contribution in [2.75, 3.05) is 5.32 Å². The minimum Gasteiger partial charge on any atom is -0.444 e. The van der Waals surface area contributed by atoms with E-state index in [2.05, 4.69) is 41.3 Å². The highest BCUT2D eigenvalue weighted by Gasteiger charge is 2.11. The van der Waals surface area contributed by atoms with Crippen molar-refractivity contribution in [2.45, 2.75) is 13.8 Å². The first-order chi connectivity index (χ1) is 13.1. The average Bonchev–Trinajstić information content (AvgIpc) is 3.36. The van der Waals surface area contributed by atoms with Gasteiger partial charge < -0.3 is 4.42 Å². The number of nitrogens with one attached hydrogen (secondary N) is 1. The van der Waals surface area contributed by atoms with E-state index in [0.717, 1.165) is 16.8 Å². The molecule has 5 nitrogen and oxygen atoms in total. The van der Waals surface area contributed by atoms with E-state index >= 15 is 0 Å². The maximum Gasteiger partial charge on any atom is 0.257 e.